The van der Waals surface area contributed by atoms with E-state index in [1.54, 1.807) is 11.1 Å². The van der Waals surface area contributed by atoms with Gasteiger partial charge in [0.1, 0.15) is 11.6 Å². The Bertz CT molecular complexity index is 786. The Morgan fingerprint density at radius 2 is 1.77 bits per heavy atom. The first kappa shape index (κ1) is 21.8. The predicted molar refractivity (Wildman–Crippen MR) is 113 cm³/mol. The smallest absolute Gasteiger partial charge is 0.309 e. The van der Waals surface area contributed by atoms with Crippen molar-refractivity contribution in [2.45, 2.75) is 26.3 Å². The van der Waals surface area contributed by atoms with E-state index < -0.39 is 0 Å². The van der Waals surface area contributed by atoms with E-state index in [-0.39, 0.29) is 23.4 Å². The first-order valence-corrected chi connectivity index (χ1v) is 10.7. The quantitative estimate of drug-likeness (QED) is 0.406. The molecule has 160 valence electrons. The largest absolute Gasteiger partial charge is 0.466 e. The van der Waals surface area contributed by atoms with Crippen molar-refractivity contribution in [2.24, 2.45) is 5.92 Å². The first-order valence-electron chi connectivity index (χ1n) is 10.7. The summed E-state index contributed by atoms with van der Waals surface area (Å²) in [6, 6.07) is 12.4. The Morgan fingerprint density at radius 3 is 2.37 bits per heavy atom. The van der Waals surface area contributed by atoms with Crippen LogP contribution in [0.15, 0.2) is 42.1 Å². The maximum absolute atomic E-state index is 12.8. The fourth-order valence-electron chi connectivity index (χ4n) is 3.96. The second-order valence-corrected chi connectivity index (χ2v) is 7.77. The van der Waals surface area contributed by atoms with Gasteiger partial charge in [0.25, 0.3) is 5.91 Å². The highest BCUT2D eigenvalue weighted by molar-refractivity contribution is 5.97. The molecule has 0 radical (unpaired) electrons. The zero-order valence-electron chi connectivity index (χ0n) is 17.6. The van der Waals surface area contributed by atoms with Crippen LogP contribution in [-0.4, -0.2) is 72.5 Å². The molecule has 30 heavy (non-hydrogen) atoms. The lowest BCUT2D eigenvalue weighted by Crippen LogP contribution is -2.48. The van der Waals surface area contributed by atoms with Gasteiger partial charge in [-0.3, -0.25) is 14.5 Å². The molecule has 1 aromatic carbocycles. The number of piperidine rings is 1. The van der Waals surface area contributed by atoms with Crippen LogP contribution in [0.4, 0.5) is 0 Å². The Morgan fingerprint density at radius 1 is 1.10 bits per heavy atom. The standard InChI is InChI=1S/C23H30N4O3/c1-2-30-23(29)20-8-10-25(11-9-20)18-21(16-24)22(28)27-14-12-26(13-15-27)17-19-6-4-3-5-7-19/h3-7,18,20H,2,8-15,17H2,1H3/b21-18-. The third kappa shape index (κ3) is 5.83. The van der Waals surface area contributed by atoms with Crippen molar-refractivity contribution in [3.05, 3.63) is 47.7 Å². The Hall–Kier alpha value is -2.85. The molecule has 2 aliphatic rings. The second kappa shape index (κ2) is 10.8. The van der Waals surface area contributed by atoms with Crippen LogP contribution in [-0.2, 0) is 20.9 Å². The summed E-state index contributed by atoms with van der Waals surface area (Å²) in [5, 5.41) is 9.54. The van der Waals surface area contributed by atoms with E-state index in [1.807, 2.05) is 30.0 Å². The fraction of sp³-hybridized carbons (Fsp3) is 0.522. The van der Waals surface area contributed by atoms with Crippen LogP contribution in [0.2, 0.25) is 0 Å². The normalized spacial score (nSPS) is 18.7. The molecule has 0 unspecified atom stereocenters. The van der Waals surface area contributed by atoms with Gasteiger partial charge in [0.15, 0.2) is 0 Å². The lowest BCUT2D eigenvalue weighted by Gasteiger charge is -2.35. The highest BCUT2D eigenvalue weighted by Crippen LogP contribution is 2.20. The van der Waals surface area contributed by atoms with Crippen LogP contribution in [0, 0.1) is 17.2 Å². The molecular formula is C23H30N4O3. The molecule has 7 heteroatoms. The molecule has 0 N–H and O–H groups in total. The van der Waals surface area contributed by atoms with Gasteiger partial charge in [-0.1, -0.05) is 30.3 Å². The summed E-state index contributed by atoms with van der Waals surface area (Å²) in [5.74, 6) is -0.441. The number of carbonyl (C=O) groups excluding carboxylic acids is 2. The number of ether oxygens (including phenoxy) is 1. The minimum Gasteiger partial charge on any atom is -0.466 e. The summed E-state index contributed by atoms with van der Waals surface area (Å²) >= 11 is 0. The number of hydrogen-bond donors (Lipinski definition) is 0. The van der Waals surface area contributed by atoms with Gasteiger partial charge in [-0.25, -0.2) is 0 Å². The zero-order chi connectivity index (χ0) is 21.3. The summed E-state index contributed by atoms with van der Waals surface area (Å²) in [6.45, 7) is 7.20. The van der Waals surface area contributed by atoms with Crippen molar-refractivity contribution < 1.29 is 14.3 Å². The van der Waals surface area contributed by atoms with Gasteiger partial charge >= 0.3 is 5.97 Å². The van der Waals surface area contributed by atoms with Gasteiger partial charge in [-0.15, -0.1) is 0 Å². The Labute approximate surface area is 178 Å². The molecule has 1 aromatic rings. The van der Waals surface area contributed by atoms with Crippen molar-refractivity contribution in [3.63, 3.8) is 0 Å². The van der Waals surface area contributed by atoms with E-state index in [4.69, 9.17) is 4.74 Å². The third-order valence-electron chi connectivity index (χ3n) is 5.72. The third-order valence-corrected chi connectivity index (χ3v) is 5.72. The van der Waals surface area contributed by atoms with Crippen molar-refractivity contribution in [3.8, 4) is 6.07 Å². The zero-order valence-corrected chi connectivity index (χ0v) is 17.6. The molecule has 7 nitrogen and oxygen atoms in total. The number of benzene rings is 1. The van der Waals surface area contributed by atoms with Crippen molar-refractivity contribution in [2.75, 3.05) is 45.9 Å². The van der Waals surface area contributed by atoms with Crippen LogP contribution in [0.1, 0.15) is 25.3 Å². The van der Waals surface area contributed by atoms with Crippen molar-refractivity contribution in [1.82, 2.24) is 14.7 Å². The molecule has 3 rings (SSSR count). The molecular weight excluding hydrogens is 380 g/mol. The van der Waals surface area contributed by atoms with Gasteiger partial charge in [0.05, 0.1) is 12.5 Å². The van der Waals surface area contributed by atoms with Crippen LogP contribution >= 0.6 is 0 Å². The number of carbonyl (C=O) groups is 2. The number of likely N-dealkylation sites (tertiary alicyclic amines) is 1. The predicted octanol–water partition coefficient (Wildman–Crippen LogP) is 2.01. The van der Waals surface area contributed by atoms with Gasteiger partial charge in [0.2, 0.25) is 0 Å². The van der Waals surface area contributed by atoms with Gasteiger partial charge in [-0.05, 0) is 25.3 Å². The van der Waals surface area contributed by atoms with E-state index in [2.05, 4.69) is 23.1 Å². The minimum atomic E-state index is -0.204. The van der Waals surface area contributed by atoms with Crippen LogP contribution in [0.25, 0.3) is 0 Å². The molecule has 2 aliphatic heterocycles. The van der Waals surface area contributed by atoms with E-state index in [1.165, 1.54) is 5.56 Å². The summed E-state index contributed by atoms with van der Waals surface area (Å²) in [5.41, 5.74) is 1.43. The highest BCUT2D eigenvalue weighted by atomic mass is 16.5. The number of rotatable bonds is 6. The minimum absolute atomic E-state index is 0.0893. The first-order chi connectivity index (χ1) is 14.6. The molecule has 2 fully saturated rings. The highest BCUT2D eigenvalue weighted by Gasteiger charge is 2.27. The molecule has 0 saturated carbocycles. The lowest BCUT2D eigenvalue weighted by atomic mass is 9.97. The number of amides is 1. The summed E-state index contributed by atoms with van der Waals surface area (Å²) in [4.78, 5) is 30.8. The summed E-state index contributed by atoms with van der Waals surface area (Å²) in [7, 11) is 0. The molecule has 0 bridgehead atoms. The average Bonchev–Trinajstić information content (AvgIpc) is 2.79. The number of esters is 1. The van der Waals surface area contributed by atoms with Crippen molar-refractivity contribution in [1.29, 1.82) is 5.26 Å². The number of hydrogen-bond acceptors (Lipinski definition) is 6. The topological polar surface area (TPSA) is 76.9 Å². The fourth-order valence-corrected chi connectivity index (χ4v) is 3.96. The SMILES string of the molecule is CCOC(=O)C1CCN(/C=C(/C#N)C(=O)N2CCN(Cc3ccccc3)CC2)CC1. The van der Waals surface area contributed by atoms with E-state index in [0.29, 0.717) is 45.6 Å². The number of nitriles is 1. The van der Waals surface area contributed by atoms with E-state index >= 15 is 0 Å². The molecule has 1 amide bonds. The van der Waals surface area contributed by atoms with Crippen molar-refractivity contribution >= 4 is 11.9 Å². The lowest BCUT2D eigenvalue weighted by molar-refractivity contribution is -0.149. The summed E-state index contributed by atoms with van der Waals surface area (Å²) < 4.78 is 5.09. The maximum Gasteiger partial charge on any atom is 0.309 e. The molecule has 0 aliphatic carbocycles. The molecule has 2 saturated heterocycles. The molecule has 2 heterocycles. The Kier molecular flexibility index (Phi) is 7.86. The van der Waals surface area contributed by atoms with Gasteiger partial charge in [-0.2, -0.15) is 5.26 Å². The maximum atomic E-state index is 12.8. The number of nitrogens with zero attached hydrogens (tertiary/aromatic N) is 4. The van der Waals surface area contributed by atoms with Crippen LogP contribution < -0.4 is 0 Å². The molecule has 0 spiro atoms. The van der Waals surface area contributed by atoms with E-state index in [9.17, 15) is 14.9 Å². The average molecular weight is 411 g/mol. The van der Waals surface area contributed by atoms with Gasteiger partial charge < -0.3 is 14.5 Å². The number of piperazine rings is 1. The van der Waals surface area contributed by atoms with Gasteiger partial charge in [0, 0.05) is 52.0 Å². The van der Waals surface area contributed by atoms with E-state index in [0.717, 1.165) is 19.6 Å². The summed E-state index contributed by atoms with van der Waals surface area (Å²) in [6.07, 6.45) is 3.03. The van der Waals surface area contributed by atoms with Crippen LogP contribution in [0.5, 0.6) is 0 Å². The monoisotopic (exact) mass is 410 g/mol. The second-order valence-electron chi connectivity index (χ2n) is 7.77. The molecule has 0 aromatic heterocycles. The van der Waals surface area contributed by atoms with Crippen LogP contribution in [0.3, 0.4) is 0 Å². The Balaban J connectivity index is 1.49. The molecule has 0 atom stereocenters.